The molecule has 21 heavy (non-hydrogen) atoms. The molecule has 3 rings (SSSR count). The number of nitrogens with one attached hydrogen (secondary N) is 1. The van der Waals surface area contributed by atoms with Crippen molar-refractivity contribution in [2.75, 3.05) is 39.0 Å². The van der Waals surface area contributed by atoms with Crippen LogP contribution < -0.4 is 5.32 Å². The van der Waals surface area contributed by atoms with E-state index >= 15 is 0 Å². The first-order valence-electron chi connectivity index (χ1n) is 7.92. The number of carbonyl (C=O) groups is 1. The fourth-order valence-electron chi connectivity index (χ4n) is 3.53. The molecule has 1 aromatic rings. The van der Waals surface area contributed by atoms with Crippen molar-refractivity contribution in [2.45, 2.75) is 31.2 Å². The molecule has 2 aliphatic rings. The number of nitrogens with zero attached hydrogens (tertiary/aromatic N) is 2. The summed E-state index contributed by atoms with van der Waals surface area (Å²) in [6.07, 6.45) is 3.07. The van der Waals surface area contributed by atoms with E-state index in [0.717, 1.165) is 19.6 Å². The SMILES string of the molecule is CN(CC1CCCN1C)C(=O)CC1CNc2ccccc21. The lowest BCUT2D eigenvalue weighted by Crippen LogP contribution is -2.40. The zero-order valence-electron chi connectivity index (χ0n) is 13.0. The molecule has 0 radical (unpaired) electrons. The van der Waals surface area contributed by atoms with Crippen molar-refractivity contribution in [1.82, 2.24) is 9.80 Å². The Bertz CT molecular complexity index is 517. The van der Waals surface area contributed by atoms with Crippen LogP contribution in [0.3, 0.4) is 0 Å². The summed E-state index contributed by atoms with van der Waals surface area (Å²) in [7, 11) is 4.11. The Kier molecular flexibility index (Phi) is 4.15. The summed E-state index contributed by atoms with van der Waals surface area (Å²) in [4.78, 5) is 16.8. The number of rotatable bonds is 4. The van der Waals surface area contributed by atoms with E-state index in [2.05, 4.69) is 35.5 Å². The van der Waals surface area contributed by atoms with Gasteiger partial charge in [0.1, 0.15) is 0 Å². The van der Waals surface area contributed by atoms with Crippen molar-refractivity contribution in [3.8, 4) is 0 Å². The Labute approximate surface area is 127 Å². The van der Waals surface area contributed by atoms with Gasteiger partial charge in [-0.2, -0.15) is 0 Å². The van der Waals surface area contributed by atoms with Gasteiger partial charge in [-0.15, -0.1) is 0 Å². The Morgan fingerprint density at radius 3 is 3.00 bits per heavy atom. The van der Waals surface area contributed by atoms with Gasteiger partial charge < -0.3 is 15.1 Å². The van der Waals surface area contributed by atoms with Crippen LogP contribution in [0.2, 0.25) is 0 Å². The molecule has 1 aromatic carbocycles. The van der Waals surface area contributed by atoms with Gasteiger partial charge in [-0.1, -0.05) is 18.2 Å². The highest BCUT2D eigenvalue weighted by atomic mass is 16.2. The molecule has 114 valence electrons. The highest BCUT2D eigenvalue weighted by Gasteiger charge is 2.27. The molecule has 2 unspecified atom stereocenters. The molecule has 1 saturated heterocycles. The van der Waals surface area contributed by atoms with E-state index in [1.54, 1.807) is 0 Å². The van der Waals surface area contributed by atoms with Crippen LogP contribution in [0.15, 0.2) is 24.3 Å². The van der Waals surface area contributed by atoms with Crippen LogP contribution in [0.4, 0.5) is 5.69 Å². The van der Waals surface area contributed by atoms with Crippen molar-refractivity contribution in [1.29, 1.82) is 0 Å². The van der Waals surface area contributed by atoms with Crippen molar-refractivity contribution in [3.05, 3.63) is 29.8 Å². The summed E-state index contributed by atoms with van der Waals surface area (Å²) >= 11 is 0. The summed E-state index contributed by atoms with van der Waals surface area (Å²) in [5.41, 5.74) is 2.48. The van der Waals surface area contributed by atoms with Gasteiger partial charge in [-0.3, -0.25) is 4.79 Å². The topological polar surface area (TPSA) is 35.6 Å². The highest BCUT2D eigenvalue weighted by Crippen LogP contribution is 2.33. The molecule has 4 nitrogen and oxygen atoms in total. The average Bonchev–Trinajstić information content (AvgIpc) is 3.07. The largest absolute Gasteiger partial charge is 0.384 e. The molecule has 1 N–H and O–H groups in total. The maximum absolute atomic E-state index is 12.5. The maximum Gasteiger partial charge on any atom is 0.223 e. The first-order valence-corrected chi connectivity index (χ1v) is 7.92. The zero-order chi connectivity index (χ0) is 14.8. The van der Waals surface area contributed by atoms with E-state index in [9.17, 15) is 4.79 Å². The maximum atomic E-state index is 12.5. The van der Waals surface area contributed by atoms with Crippen LogP contribution >= 0.6 is 0 Å². The van der Waals surface area contributed by atoms with Gasteiger partial charge in [0.15, 0.2) is 0 Å². The smallest absolute Gasteiger partial charge is 0.223 e. The number of likely N-dealkylation sites (tertiary alicyclic amines) is 1. The number of amides is 1. The Morgan fingerprint density at radius 2 is 2.24 bits per heavy atom. The minimum absolute atomic E-state index is 0.263. The Hall–Kier alpha value is -1.55. The van der Waals surface area contributed by atoms with Crippen molar-refractivity contribution < 1.29 is 4.79 Å². The van der Waals surface area contributed by atoms with E-state index in [1.807, 2.05) is 18.0 Å². The highest BCUT2D eigenvalue weighted by molar-refractivity contribution is 5.78. The number of fused-ring (bicyclic) bond motifs is 1. The quantitative estimate of drug-likeness (QED) is 0.921. The number of carbonyl (C=O) groups excluding carboxylic acids is 1. The van der Waals surface area contributed by atoms with Crippen LogP contribution in [0.5, 0.6) is 0 Å². The van der Waals surface area contributed by atoms with E-state index < -0.39 is 0 Å². The predicted molar refractivity (Wildman–Crippen MR) is 85.6 cm³/mol. The van der Waals surface area contributed by atoms with E-state index in [1.165, 1.54) is 24.1 Å². The third-order valence-corrected chi connectivity index (χ3v) is 4.94. The second-order valence-corrected chi connectivity index (χ2v) is 6.42. The number of hydrogen-bond acceptors (Lipinski definition) is 3. The van der Waals surface area contributed by atoms with Crippen molar-refractivity contribution in [2.24, 2.45) is 0 Å². The van der Waals surface area contributed by atoms with Gasteiger partial charge in [0.05, 0.1) is 0 Å². The van der Waals surface area contributed by atoms with Crippen LogP contribution in [0, 0.1) is 0 Å². The number of anilines is 1. The van der Waals surface area contributed by atoms with Crippen LogP contribution in [0.25, 0.3) is 0 Å². The van der Waals surface area contributed by atoms with Gasteiger partial charge in [-0.25, -0.2) is 0 Å². The molecule has 1 fully saturated rings. The van der Waals surface area contributed by atoms with Gasteiger partial charge in [-0.05, 0) is 38.1 Å². The summed E-state index contributed by atoms with van der Waals surface area (Å²) < 4.78 is 0. The third-order valence-electron chi connectivity index (χ3n) is 4.94. The molecule has 0 aromatic heterocycles. The molecule has 2 heterocycles. The molecule has 2 aliphatic heterocycles. The third kappa shape index (κ3) is 3.05. The molecular formula is C17H25N3O. The molecule has 0 spiro atoms. The number of benzene rings is 1. The fraction of sp³-hybridized carbons (Fsp3) is 0.588. The minimum Gasteiger partial charge on any atom is -0.384 e. The second kappa shape index (κ2) is 6.06. The lowest BCUT2D eigenvalue weighted by molar-refractivity contribution is -0.130. The van der Waals surface area contributed by atoms with Crippen molar-refractivity contribution >= 4 is 11.6 Å². The van der Waals surface area contributed by atoms with Gasteiger partial charge in [0.2, 0.25) is 5.91 Å². The molecule has 0 saturated carbocycles. The van der Waals surface area contributed by atoms with Crippen molar-refractivity contribution in [3.63, 3.8) is 0 Å². The van der Waals surface area contributed by atoms with Crippen LogP contribution in [0.1, 0.15) is 30.7 Å². The lowest BCUT2D eigenvalue weighted by atomic mass is 9.97. The van der Waals surface area contributed by atoms with E-state index in [0.29, 0.717) is 18.4 Å². The summed E-state index contributed by atoms with van der Waals surface area (Å²) in [6, 6.07) is 8.86. The van der Waals surface area contributed by atoms with E-state index in [-0.39, 0.29) is 5.91 Å². The van der Waals surface area contributed by atoms with Gasteiger partial charge >= 0.3 is 0 Å². The fourth-order valence-corrected chi connectivity index (χ4v) is 3.53. The average molecular weight is 287 g/mol. The number of hydrogen-bond donors (Lipinski definition) is 1. The molecule has 0 bridgehead atoms. The standard InChI is InChI=1S/C17H25N3O/c1-19-9-5-6-14(19)12-20(2)17(21)10-13-11-18-16-8-4-3-7-15(13)16/h3-4,7-8,13-14,18H,5-6,9-12H2,1-2H3. The molecule has 0 aliphatic carbocycles. The monoisotopic (exact) mass is 287 g/mol. The minimum atomic E-state index is 0.263. The van der Waals surface area contributed by atoms with Gasteiger partial charge in [0, 0.05) is 44.2 Å². The first-order chi connectivity index (χ1) is 10.1. The molecular weight excluding hydrogens is 262 g/mol. The Morgan fingerprint density at radius 1 is 1.43 bits per heavy atom. The van der Waals surface area contributed by atoms with Crippen LogP contribution in [-0.4, -0.2) is 55.5 Å². The molecule has 2 atom stereocenters. The Balaban J connectivity index is 1.57. The summed E-state index contributed by atoms with van der Waals surface area (Å²) in [6.45, 7) is 2.89. The normalized spacial score (nSPS) is 24.7. The first kappa shape index (κ1) is 14.4. The molecule has 1 amide bonds. The van der Waals surface area contributed by atoms with E-state index in [4.69, 9.17) is 0 Å². The lowest BCUT2D eigenvalue weighted by Gasteiger charge is -2.26. The van der Waals surface area contributed by atoms with Crippen LogP contribution in [-0.2, 0) is 4.79 Å². The predicted octanol–water partition coefficient (Wildman–Crippen LogP) is 2.14. The second-order valence-electron chi connectivity index (χ2n) is 6.42. The number of likely N-dealkylation sites (N-methyl/N-ethyl adjacent to an activating group) is 2. The number of para-hydroxylation sites is 1. The zero-order valence-corrected chi connectivity index (χ0v) is 13.0. The van der Waals surface area contributed by atoms with Gasteiger partial charge in [0.25, 0.3) is 0 Å². The summed E-state index contributed by atoms with van der Waals surface area (Å²) in [5, 5.41) is 3.40. The summed E-state index contributed by atoms with van der Waals surface area (Å²) in [5.74, 6) is 0.580. The molecule has 4 heteroatoms.